The number of carbonyl (C=O) groups excluding carboxylic acids is 1. The molecule has 1 amide bonds. The van der Waals surface area contributed by atoms with Gasteiger partial charge in [0.2, 0.25) is 0 Å². The molecule has 2 aliphatic rings. The van der Waals surface area contributed by atoms with E-state index in [2.05, 4.69) is 34.0 Å². The first-order valence-electron chi connectivity index (χ1n) is 11.5. The van der Waals surface area contributed by atoms with Crippen LogP contribution in [-0.2, 0) is 17.8 Å². The topological polar surface area (TPSA) is 68.6 Å². The smallest absolute Gasteiger partial charge is 0.272 e. The van der Waals surface area contributed by atoms with Gasteiger partial charge in [-0.3, -0.25) is 14.4 Å². The van der Waals surface area contributed by atoms with Crippen LogP contribution in [0.3, 0.4) is 0 Å². The highest BCUT2D eigenvalue weighted by atomic mass is 16.5. The number of hydrogen-bond acceptors (Lipinski definition) is 5. The van der Waals surface area contributed by atoms with Gasteiger partial charge in [-0.2, -0.15) is 5.10 Å². The fourth-order valence-electron chi connectivity index (χ4n) is 5.12. The Hall–Kier alpha value is -3.16. The number of fused-ring (bicyclic) bond motifs is 3. The summed E-state index contributed by atoms with van der Waals surface area (Å²) < 4.78 is 13.0. The zero-order valence-corrected chi connectivity index (χ0v) is 18.9. The lowest BCUT2D eigenvalue weighted by Gasteiger charge is -2.48. The van der Waals surface area contributed by atoms with E-state index in [9.17, 15) is 4.79 Å². The van der Waals surface area contributed by atoms with Gasteiger partial charge in [-0.15, -0.1) is 6.58 Å². The van der Waals surface area contributed by atoms with Crippen molar-refractivity contribution in [3.05, 3.63) is 72.4 Å². The number of para-hydroxylation sites is 1. The number of methoxy groups -OCH3 is 1. The van der Waals surface area contributed by atoms with E-state index in [4.69, 9.17) is 9.47 Å². The van der Waals surface area contributed by atoms with Gasteiger partial charge in [-0.1, -0.05) is 36.4 Å². The maximum atomic E-state index is 13.2. The number of morpholine rings is 1. The molecule has 2 saturated heterocycles. The predicted octanol–water partition coefficient (Wildman–Crippen LogP) is 3.39. The minimum absolute atomic E-state index is 0.104. The molecule has 2 bridgehead atoms. The van der Waals surface area contributed by atoms with E-state index in [0.717, 1.165) is 36.0 Å². The largest absolute Gasteiger partial charge is 0.497 e. The zero-order valence-electron chi connectivity index (χ0n) is 18.9. The van der Waals surface area contributed by atoms with E-state index in [1.807, 2.05) is 41.1 Å². The molecular weight excluding hydrogens is 416 g/mol. The van der Waals surface area contributed by atoms with Gasteiger partial charge in [0.15, 0.2) is 5.69 Å². The second kappa shape index (κ2) is 9.37. The van der Waals surface area contributed by atoms with E-state index in [-0.39, 0.29) is 24.0 Å². The number of aromatic nitrogens is 2. The summed E-state index contributed by atoms with van der Waals surface area (Å²) in [5.74, 6) is 0.758. The van der Waals surface area contributed by atoms with Crippen LogP contribution in [0.5, 0.6) is 5.75 Å². The quantitative estimate of drug-likeness (QED) is 0.564. The van der Waals surface area contributed by atoms with E-state index < -0.39 is 0 Å². The van der Waals surface area contributed by atoms with Crippen molar-refractivity contribution in [2.45, 2.75) is 44.1 Å². The van der Waals surface area contributed by atoms with E-state index in [1.165, 1.54) is 5.56 Å². The molecule has 5 rings (SSSR count). The minimum Gasteiger partial charge on any atom is -0.497 e. The van der Waals surface area contributed by atoms with E-state index >= 15 is 0 Å². The molecule has 7 nitrogen and oxygen atoms in total. The number of hydrogen-bond donors (Lipinski definition) is 1. The molecule has 0 spiro atoms. The fraction of sp³-hybridized carbons (Fsp3) is 0.385. The number of allylic oxidation sites excluding steroid dienone is 1. The van der Waals surface area contributed by atoms with Crippen LogP contribution in [0.15, 0.2) is 61.2 Å². The number of carbonyl (C=O) groups is 1. The Balaban J connectivity index is 1.29. The van der Waals surface area contributed by atoms with Crippen LogP contribution in [0, 0.1) is 0 Å². The average molecular weight is 447 g/mol. The van der Waals surface area contributed by atoms with Crippen LogP contribution in [0.1, 0.15) is 28.9 Å². The first-order valence-corrected chi connectivity index (χ1v) is 11.5. The number of benzene rings is 2. The van der Waals surface area contributed by atoms with Crippen LogP contribution in [0.25, 0.3) is 10.9 Å². The molecule has 2 aromatic carbocycles. The molecule has 0 aliphatic carbocycles. The molecule has 3 heterocycles. The van der Waals surface area contributed by atoms with Gasteiger partial charge in [0.1, 0.15) is 5.75 Å². The number of rotatable bonds is 7. The summed E-state index contributed by atoms with van der Waals surface area (Å²) in [6.45, 7) is 6.63. The second-order valence-electron chi connectivity index (χ2n) is 8.84. The van der Waals surface area contributed by atoms with Crippen molar-refractivity contribution in [3.8, 4) is 5.75 Å². The molecule has 0 radical (unpaired) electrons. The Morgan fingerprint density at radius 3 is 2.61 bits per heavy atom. The Labute approximate surface area is 194 Å². The molecule has 1 N–H and O–H groups in total. The van der Waals surface area contributed by atoms with Crippen LogP contribution >= 0.6 is 0 Å². The van der Waals surface area contributed by atoms with Crippen molar-refractivity contribution in [3.63, 3.8) is 0 Å². The van der Waals surface area contributed by atoms with Crippen LogP contribution in [0.2, 0.25) is 0 Å². The number of ether oxygens (including phenoxy) is 2. The number of amides is 1. The van der Waals surface area contributed by atoms with Crippen LogP contribution < -0.4 is 10.1 Å². The molecule has 2 fully saturated rings. The maximum absolute atomic E-state index is 13.2. The summed E-state index contributed by atoms with van der Waals surface area (Å²) in [6, 6.07) is 16.8. The van der Waals surface area contributed by atoms with Crippen molar-refractivity contribution in [2.75, 3.05) is 20.3 Å². The average Bonchev–Trinajstić information content (AvgIpc) is 3.19. The monoisotopic (exact) mass is 446 g/mol. The molecule has 33 heavy (non-hydrogen) atoms. The summed E-state index contributed by atoms with van der Waals surface area (Å²) in [6.07, 6.45) is 3.52. The summed E-state index contributed by atoms with van der Waals surface area (Å²) >= 11 is 0. The highest BCUT2D eigenvalue weighted by Gasteiger charge is 2.39. The van der Waals surface area contributed by atoms with Crippen LogP contribution in [-0.4, -0.2) is 59.0 Å². The molecule has 2 unspecified atom stereocenters. The lowest BCUT2D eigenvalue weighted by Crippen LogP contribution is -2.60. The first kappa shape index (κ1) is 21.7. The van der Waals surface area contributed by atoms with Gasteiger partial charge in [0, 0.05) is 30.1 Å². The zero-order chi connectivity index (χ0) is 22.8. The van der Waals surface area contributed by atoms with Crippen molar-refractivity contribution >= 4 is 16.8 Å². The fourth-order valence-corrected chi connectivity index (χ4v) is 5.12. The number of piperidine rings is 1. The number of nitrogens with zero attached hydrogens (tertiary/aromatic N) is 3. The molecular formula is C26H30N4O3. The summed E-state index contributed by atoms with van der Waals surface area (Å²) in [4.78, 5) is 15.8. The highest BCUT2D eigenvalue weighted by Crippen LogP contribution is 2.30. The third-order valence-corrected chi connectivity index (χ3v) is 6.71. The van der Waals surface area contributed by atoms with Gasteiger partial charge in [0.05, 0.1) is 32.4 Å². The molecule has 0 saturated carbocycles. The maximum Gasteiger partial charge on any atom is 0.272 e. The number of nitrogens with one attached hydrogen (secondary N) is 1. The van der Waals surface area contributed by atoms with Gasteiger partial charge >= 0.3 is 0 Å². The van der Waals surface area contributed by atoms with Gasteiger partial charge in [0.25, 0.3) is 5.91 Å². The third-order valence-electron chi connectivity index (χ3n) is 6.71. The van der Waals surface area contributed by atoms with Gasteiger partial charge in [-0.05, 0) is 36.6 Å². The lowest BCUT2D eigenvalue weighted by molar-refractivity contribution is -0.0843. The Morgan fingerprint density at radius 2 is 1.91 bits per heavy atom. The normalized spacial score (nSPS) is 22.8. The molecule has 3 aromatic rings. The van der Waals surface area contributed by atoms with Gasteiger partial charge in [-0.25, -0.2) is 0 Å². The summed E-state index contributed by atoms with van der Waals surface area (Å²) in [5, 5.41) is 8.73. The SMILES string of the molecule is C=CCn1nc(C(=O)NC2CC3COCC(C2)N3Cc2ccc(OC)cc2)c2ccccc21. The Morgan fingerprint density at radius 1 is 1.18 bits per heavy atom. The second-order valence-corrected chi connectivity index (χ2v) is 8.84. The van der Waals surface area contributed by atoms with Crippen molar-refractivity contribution in [1.29, 1.82) is 0 Å². The van der Waals surface area contributed by atoms with Crippen molar-refractivity contribution in [2.24, 2.45) is 0 Å². The lowest BCUT2D eigenvalue weighted by atomic mass is 9.89. The summed E-state index contributed by atoms with van der Waals surface area (Å²) in [5.41, 5.74) is 2.69. The molecule has 2 atom stereocenters. The van der Waals surface area contributed by atoms with Crippen LogP contribution in [0.4, 0.5) is 0 Å². The third kappa shape index (κ3) is 4.38. The molecule has 7 heteroatoms. The summed E-state index contributed by atoms with van der Waals surface area (Å²) in [7, 11) is 1.68. The minimum atomic E-state index is -0.110. The Bertz CT molecular complexity index is 1130. The first-order chi connectivity index (χ1) is 16.2. The predicted molar refractivity (Wildman–Crippen MR) is 127 cm³/mol. The van der Waals surface area contributed by atoms with Crippen molar-refractivity contribution in [1.82, 2.24) is 20.0 Å². The molecule has 2 aliphatic heterocycles. The van der Waals surface area contributed by atoms with Gasteiger partial charge < -0.3 is 14.8 Å². The standard InChI is InChI=1S/C26H30N4O3/c1-3-12-30-24-7-5-4-6-23(24)25(28-30)26(31)27-19-13-20-16-33-17-21(14-19)29(20)15-18-8-10-22(32-2)11-9-18/h3-11,19-21H,1,12-17H2,2H3,(H,27,31). The van der Waals surface area contributed by atoms with E-state index in [1.54, 1.807) is 13.2 Å². The Kier molecular flexibility index (Phi) is 6.15. The van der Waals surface area contributed by atoms with Crippen molar-refractivity contribution < 1.29 is 14.3 Å². The molecule has 172 valence electrons. The van der Waals surface area contributed by atoms with E-state index in [0.29, 0.717) is 25.5 Å². The molecule has 1 aromatic heterocycles. The highest BCUT2D eigenvalue weighted by molar-refractivity contribution is 6.05.